The predicted molar refractivity (Wildman–Crippen MR) is 125 cm³/mol. The number of carbonyl (C=O) groups excluding carboxylic acids is 3. The second kappa shape index (κ2) is 9.74. The fourth-order valence-electron chi connectivity index (χ4n) is 5.73. The summed E-state index contributed by atoms with van der Waals surface area (Å²) in [4.78, 5) is 51.6. The van der Waals surface area contributed by atoms with Gasteiger partial charge in [-0.25, -0.2) is 4.79 Å². The van der Waals surface area contributed by atoms with Crippen LogP contribution in [-0.4, -0.2) is 65.3 Å². The average Bonchev–Trinajstić information content (AvgIpc) is 3.18. The fourth-order valence-corrected chi connectivity index (χ4v) is 5.73. The Morgan fingerprint density at radius 2 is 1.76 bits per heavy atom. The highest BCUT2D eigenvalue weighted by molar-refractivity contribution is 6.00. The van der Waals surface area contributed by atoms with E-state index in [-0.39, 0.29) is 12.3 Å². The molecule has 0 radical (unpaired) electrons. The van der Waals surface area contributed by atoms with Crippen LogP contribution in [0.5, 0.6) is 0 Å². The highest BCUT2D eigenvalue weighted by Crippen LogP contribution is 2.32. The Hall–Kier alpha value is -2.94. The molecule has 34 heavy (non-hydrogen) atoms. The molecule has 3 aliphatic rings. The molecule has 0 spiro atoms. The summed E-state index contributed by atoms with van der Waals surface area (Å²) in [6.07, 6.45) is 7.02. The van der Waals surface area contributed by atoms with Crippen LogP contribution in [0.3, 0.4) is 0 Å². The van der Waals surface area contributed by atoms with Crippen LogP contribution in [0.4, 0.5) is 0 Å². The minimum Gasteiger partial charge on any atom is -0.408 e. The highest BCUT2D eigenvalue weighted by atomic mass is 16.4. The van der Waals surface area contributed by atoms with Crippen molar-refractivity contribution >= 4 is 29.3 Å². The van der Waals surface area contributed by atoms with Crippen molar-refractivity contribution in [2.75, 3.05) is 32.7 Å². The molecule has 182 valence electrons. The molecular weight excluding hydrogens is 436 g/mol. The summed E-state index contributed by atoms with van der Waals surface area (Å²) in [5, 5.41) is 2.31. The Labute approximate surface area is 198 Å². The van der Waals surface area contributed by atoms with Crippen LogP contribution in [0.2, 0.25) is 0 Å². The third-order valence-corrected chi connectivity index (χ3v) is 7.87. The summed E-state index contributed by atoms with van der Waals surface area (Å²) < 4.78 is 6.89. The first-order valence-corrected chi connectivity index (χ1v) is 12.4. The lowest BCUT2D eigenvalue weighted by Crippen LogP contribution is -2.43. The Balaban J connectivity index is 1.19. The van der Waals surface area contributed by atoms with E-state index in [4.69, 9.17) is 4.42 Å². The van der Waals surface area contributed by atoms with Gasteiger partial charge in [0.2, 0.25) is 18.2 Å². The van der Waals surface area contributed by atoms with Crippen molar-refractivity contribution in [3.8, 4) is 0 Å². The van der Waals surface area contributed by atoms with Gasteiger partial charge in [0.1, 0.15) is 6.04 Å². The number of hydrogen-bond acceptors (Lipinski definition) is 6. The Kier molecular flexibility index (Phi) is 6.54. The van der Waals surface area contributed by atoms with Crippen LogP contribution >= 0.6 is 0 Å². The van der Waals surface area contributed by atoms with E-state index in [1.807, 2.05) is 23.1 Å². The number of benzene rings is 1. The lowest BCUT2D eigenvalue weighted by atomic mass is 9.88. The molecule has 3 saturated heterocycles. The zero-order valence-corrected chi connectivity index (χ0v) is 19.4. The van der Waals surface area contributed by atoms with Crippen LogP contribution in [0.15, 0.2) is 27.4 Å². The smallest absolute Gasteiger partial charge is 0.408 e. The van der Waals surface area contributed by atoms with E-state index in [2.05, 4.69) is 10.2 Å². The van der Waals surface area contributed by atoms with E-state index >= 15 is 0 Å². The van der Waals surface area contributed by atoms with Gasteiger partial charge in [-0.05, 0) is 87.7 Å². The molecule has 4 heterocycles. The number of imide groups is 1. The topological polar surface area (TPSA) is 105 Å². The van der Waals surface area contributed by atoms with Gasteiger partial charge in [0.05, 0.1) is 5.52 Å². The molecule has 3 amide bonds. The molecule has 3 aliphatic heterocycles. The molecule has 1 atom stereocenters. The molecule has 5 rings (SSSR count). The third-order valence-electron chi connectivity index (χ3n) is 7.87. The summed E-state index contributed by atoms with van der Waals surface area (Å²) in [7, 11) is 0. The van der Waals surface area contributed by atoms with Crippen LogP contribution in [0, 0.1) is 5.92 Å². The summed E-state index contributed by atoms with van der Waals surface area (Å²) in [6.45, 7) is 5.00. The van der Waals surface area contributed by atoms with Crippen molar-refractivity contribution in [3.05, 3.63) is 34.3 Å². The third kappa shape index (κ3) is 4.66. The van der Waals surface area contributed by atoms with E-state index in [1.165, 1.54) is 11.0 Å². The number of nitrogens with zero attached hydrogens (tertiary/aromatic N) is 3. The molecular formula is C25H32N4O5. The van der Waals surface area contributed by atoms with Gasteiger partial charge in [-0.1, -0.05) is 6.07 Å². The number of aromatic nitrogens is 1. The number of hydrogen-bond donors (Lipinski definition) is 1. The molecule has 0 bridgehead atoms. The van der Waals surface area contributed by atoms with Crippen molar-refractivity contribution in [1.82, 2.24) is 19.7 Å². The van der Waals surface area contributed by atoms with Crippen molar-refractivity contribution in [2.45, 2.75) is 56.9 Å². The van der Waals surface area contributed by atoms with Gasteiger partial charge in [-0.15, -0.1) is 0 Å². The molecule has 2 aromatic rings. The monoisotopic (exact) mass is 468 g/mol. The summed E-state index contributed by atoms with van der Waals surface area (Å²) in [5.41, 5.74) is 2.26. The van der Waals surface area contributed by atoms with Gasteiger partial charge in [-0.2, -0.15) is 0 Å². The number of rotatable bonds is 6. The van der Waals surface area contributed by atoms with Crippen molar-refractivity contribution in [1.29, 1.82) is 0 Å². The number of nitrogens with one attached hydrogen (secondary N) is 1. The number of carbonyl (C=O) groups is 3. The summed E-state index contributed by atoms with van der Waals surface area (Å²) in [5.74, 6) is -0.186. The van der Waals surface area contributed by atoms with E-state index in [9.17, 15) is 19.2 Å². The Morgan fingerprint density at radius 1 is 1.00 bits per heavy atom. The highest BCUT2D eigenvalue weighted by Gasteiger charge is 2.31. The Morgan fingerprint density at radius 3 is 2.47 bits per heavy atom. The molecule has 0 aliphatic carbocycles. The standard InChI is InChI=1S/C25H32N4O5/c30-16-28-11-6-17(7-12-28)5-10-27-13-8-18(9-14-27)19-1-2-20-22(15-19)34-25(33)29(20)21-3-4-23(31)26-24(21)32/h1-2,15-18,21H,3-14H2,(H,26,31,32). The van der Waals surface area contributed by atoms with Gasteiger partial charge in [-0.3, -0.25) is 24.3 Å². The minimum absolute atomic E-state index is 0.212. The van der Waals surface area contributed by atoms with E-state index in [1.54, 1.807) is 0 Å². The van der Waals surface area contributed by atoms with Gasteiger partial charge in [0, 0.05) is 19.5 Å². The molecule has 3 fully saturated rings. The van der Waals surface area contributed by atoms with Crippen LogP contribution in [-0.2, 0) is 14.4 Å². The lowest BCUT2D eigenvalue weighted by molar-refractivity contribution is -0.135. The van der Waals surface area contributed by atoms with Crippen molar-refractivity contribution < 1.29 is 18.8 Å². The molecule has 9 heteroatoms. The first kappa shape index (κ1) is 22.8. The maximum absolute atomic E-state index is 12.5. The van der Waals surface area contributed by atoms with Crippen molar-refractivity contribution in [3.63, 3.8) is 0 Å². The molecule has 1 aromatic carbocycles. The molecule has 1 N–H and O–H groups in total. The van der Waals surface area contributed by atoms with Gasteiger partial charge < -0.3 is 14.2 Å². The maximum Gasteiger partial charge on any atom is 0.420 e. The second-order valence-corrected chi connectivity index (χ2v) is 9.92. The second-order valence-electron chi connectivity index (χ2n) is 9.92. The fraction of sp³-hybridized carbons (Fsp3) is 0.600. The SMILES string of the molecule is O=CN1CCC(CCN2CCC(c3ccc4c(c3)oc(=O)n4C3CCC(=O)NC3=O)CC2)CC1. The van der Waals surface area contributed by atoms with Gasteiger partial charge in [0.15, 0.2) is 5.58 Å². The largest absolute Gasteiger partial charge is 0.420 e. The lowest BCUT2D eigenvalue weighted by Gasteiger charge is -2.34. The number of fused-ring (bicyclic) bond motifs is 1. The molecule has 0 saturated carbocycles. The molecule has 1 unspecified atom stereocenters. The predicted octanol–water partition coefficient (Wildman–Crippen LogP) is 2.01. The number of piperidine rings is 3. The average molecular weight is 469 g/mol. The van der Waals surface area contributed by atoms with Gasteiger partial charge in [0.25, 0.3) is 0 Å². The van der Waals surface area contributed by atoms with E-state index in [0.29, 0.717) is 29.4 Å². The summed E-state index contributed by atoms with van der Waals surface area (Å²) >= 11 is 0. The Bertz CT molecular complexity index is 1120. The molecule has 9 nitrogen and oxygen atoms in total. The first-order valence-electron chi connectivity index (χ1n) is 12.4. The number of likely N-dealkylation sites (tertiary alicyclic amines) is 2. The van der Waals surface area contributed by atoms with Gasteiger partial charge >= 0.3 is 5.76 Å². The van der Waals surface area contributed by atoms with Crippen LogP contribution in [0.1, 0.15) is 62.5 Å². The maximum atomic E-state index is 12.5. The van der Waals surface area contributed by atoms with Crippen LogP contribution in [0.25, 0.3) is 11.1 Å². The first-order chi connectivity index (χ1) is 16.5. The van der Waals surface area contributed by atoms with Crippen molar-refractivity contribution in [2.24, 2.45) is 5.92 Å². The molecule has 1 aromatic heterocycles. The van der Waals surface area contributed by atoms with Crippen LogP contribution < -0.4 is 11.1 Å². The summed E-state index contributed by atoms with van der Waals surface area (Å²) in [6, 6.07) is 5.14. The van der Waals surface area contributed by atoms with E-state index in [0.717, 1.165) is 70.4 Å². The number of oxazole rings is 1. The van der Waals surface area contributed by atoms with E-state index < -0.39 is 17.7 Å². The minimum atomic E-state index is -0.716. The quantitative estimate of drug-likeness (QED) is 0.514. The normalized spacial score (nSPS) is 23.4. The zero-order valence-electron chi connectivity index (χ0n) is 19.4. The number of amides is 3. The zero-order chi connectivity index (χ0) is 23.7.